The van der Waals surface area contributed by atoms with Crippen molar-refractivity contribution < 1.29 is 13.2 Å². The zero-order valence-electron chi connectivity index (χ0n) is 16.9. The second-order valence-electron chi connectivity index (χ2n) is 7.27. The summed E-state index contributed by atoms with van der Waals surface area (Å²) in [4.78, 5) is 14.3. The lowest BCUT2D eigenvalue weighted by Gasteiger charge is -2.33. The highest BCUT2D eigenvalue weighted by molar-refractivity contribution is 7.92. The average Bonchev–Trinajstić information content (AvgIpc) is 2.74. The third-order valence-corrected chi connectivity index (χ3v) is 6.85. The minimum absolute atomic E-state index is 0.0854. The number of carbonyl (C=O) groups is 1. The Balaban J connectivity index is 1.47. The molecule has 0 bridgehead atoms. The van der Waals surface area contributed by atoms with Crippen molar-refractivity contribution in [3.05, 3.63) is 76.2 Å². The number of carbonyl (C=O) groups excluding carboxylic acids is 1. The van der Waals surface area contributed by atoms with Gasteiger partial charge in [-0.05, 0) is 36.3 Å². The van der Waals surface area contributed by atoms with Gasteiger partial charge in [0.05, 0.1) is 12.6 Å². The van der Waals surface area contributed by atoms with E-state index in [-0.39, 0.29) is 18.5 Å². The zero-order valence-corrected chi connectivity index (χ0v) is 18.4. The summed E-state index contributed by atoms with van der Waals surface area (Å²) in [7, 11) is -3.48. The van der Waals surface area contributed by atoms with Crippen molar-refractivity contribution in [1.29, 1.82) is 0 Å². The molecule has 0 saturated carbocycles. The summed E-state index contributed by atoms with van der Waals surface area (Å²) in [6.07, 6.45) is 1.60. The van der Waals surface area contributed by atoms with Crippen LogP contribution in [0.4, 0.5) is 0 Å². The standard InChI is InChI=1S/C22H26ClN3O3S/c1-18(20-7-9-21(23)10-8-20)24-22(27)17-25-12-14-26(15-13-25)30(28,29)16-11-19-5-3-2-4-6-19/h2-11,16,18H,12-15,17H2,1H3,(H,24,27)/b16-11+. The van der Waals surface area contributed by atoms with Crippen LogP contribution in [0.5, 0.6) is 0 Å². The molecular weight excluding hydrogens is 422 g/mol. The molecule has 1 amide bonds. The van der Waals surface area contributed by atoms with Crippen LogP contribution in [0.2, 0.25) is 5.02 Å². The third kappa shape index (κ3) is 6.40. The monoisotopic (exact) mass is 447 g/mol. The Hall–Kier alpha value is -2.19. The molecule has 1 unspecified atom stereocenters. The number of nitrogens with one attached hydrogen (secondary N) is 1. The minimum atomic E-state index is -3.48. The number of nitrogens with zero attached hydrogens (tertiary/aromatic N) is 2. The molecule has 0 spiro atoms. The van der Waals surface area contributed by atoms with E-state index in [2.05, 4.69) is 5.32 Å². The maximum atomic E-state index is 12.5. The van der Waals surface area contributed by atoms with E-state index in [0.717, 1.165) is 11.1 Å². The summed E-state index contributed by atoms with van der Waals surface area (Å²) < 4.78 is 26.5. The molecule has 0 aromatic heterocycles. The molecule has 1 heterocycles. The molecule has 0 aliphatic carbocycles. The van der Waals surface area contributed by atoms with Crippen molar-refractivity contribution in [2.24, 2.45) is 0 Å². The SMILES string of the molecule is CC(NC(=O)CN1CCN(S(=O)(=O)/C=C/c2ccccc2)CC1)c1ccc(Cl)cc1. The summed E-state index contributed by atoms with van der Waals surface area (Å²) >= 11 is 5.90. The van der Waals surface area contributed by atoms with Crippen LogP contribution in [0.3, 0.4) is 0 Å². The van der Waals surface area contributed by atoms with Crippen LogP contribution in [-0.2, 0) is 14.8 Å². The smallest absolute Gasteiger partial charge is 0.236 e. The molecule has 2 aromatic rings. The Labute approximate surface area is 183 Å². The highest BCUT2D eigenvalue weighted by Crippen LogP contribution is 2.16. The molecule has 6 nitrogen and oxygen atoms in total. The van der Waals surface area contributed by atoms with Gasteiger partial charge in [-0.15, -0.1) is 0 Å². The molecule has 1 aliphatic rings. The van der Waals surface area contributed by atoms with Crippen LogP contribution < -0.4 is 5.32 Å². The fourth-order valence-corrected chi connectivity index (χ4v) is 4.58. The van der Waals surface area contributed by atoms with Crippen LogP contribution in [0.1, 0.15) is 24.1 Å². The molecule has 1 fully saturated rings. The molecule has 2 aromatic carbocycles. The fourth-order valence-electron chi connectivity index (χ4n) is 3.28. The lowest BCUT2D eigenvalue weighted by Crippen LogP contribution is -2.50. The van der Waals surface area contributed by atoms with Crippen LogP contribution in [-0.4, -0.2) is 56.3 Å². The molecule has 1 saturated heterocycles. The zero-order chi connectivity index (χ0) is 21.6. The van der Waals surface area contributed by atoms with Gasteiger partial charge in [-0.1, -0.05) is 54.1 Å². The third-order valence-electron chi connectivity index (χ3n) is 5.04. The maximum Gasteiger partial charge on any atom is 0.236 e. The lowest BCUT2D eigenvalue weighted by molar-refractivity contribution is -0.123. The Bertz CT molecular complexity index is 970. The Morgan fingerprint density at radius 2 is 1.70 bits per heavy atom. The van der Waals surface area contributed by atoms with E-state index in [1.54, 1.807) is 18.2 Å². The number of hydrogen-bond donors (Lipinski definition) is 1. The second-order valence-corrected chi connectivity index (χ2v) is 9.53. The first-order valence-corrected chi connectivity index (χ1v) is 11.7. The van der Waals surface area contributed by atoms with Gasteiger partial charge in [0.15, 0.2) is 0 Å². The normalized spacial score (nSPS) is 17.1. The molecule has 1 atom stereocenters. The molecule has 8 heteroatoms. The molecule has 3 rings (SSSR count). The van der Waals surface area contributed by atoms with E-state index in [4.69, 9.17) is 11.6 Å². The number of halogens is 1. The first kappa shape index (κ1) is 22.5. The van der Waals surface area contributed by atoms with Gasteiger partial charge in [-0.25, -0.2) is 8.42 Å². The van der Waals surface area contributed by atoms with E-state index >= 15 is 0 Å². The maximum absolute atomic E-state index is 12.5. The lowest BCUT2D eigenvalue weighted by atomic mass is 10.1. The average molecular weight is 448 g/mol. The van der Waals surface area contributed by atoms with Gasteiger partial charge in [0.2, 0.25) is 15.9 Å². The van der Waals surface area contributed by atoms with Crippen LogP contribution in [0.25, 0.3) is 6.08 Å². The summed E-state index contributed by atoms with van der Waals surface area (Å²) in [5, 5.41) is 4.88. The Kier molecular flexibility index (Phi) is 7.66. The van der Waals surface area contributed by atoms with Crippen molar-refractivity contribution in [1.82, 2.24) is 14.5 Å². The fraction of sp³-hybridized carbons (Fsp3) is 0.318. The number of sulfonamides is 1. The Morgan fingerprint density at radius 1 is 1.07 bits per heavy atom. The highest BCUT2D eigenvalue weighted by Gasteiger charge is 2.26. The van der Waals surface area contributed by atoms with E-state index < -0.39 is 10.0 Å². The van der Waals surface area contributed by atoms with Crippen molar-refractivity contribution in [3.63, 3.8) is 0 Å². The van der Waals surface area contributed by atoms with Gasteiger partial charge in [-0.2, -0.15) is 4.31 Å². The van der Waals surface area contributed by atoms with Gasteiger partial charge in [0, 0.05) is 36.6 Å². The molecule has 0 radical (unpaired) electrons. The summed E-state index contributed by atoms with van der Waals surface area (Å²) in [5.41, 5.74) is 1.82. The van der Waals surface area contributed by atoms with Crippen molar-refractivity contribution in [2.75, 3.05) is 32.7 Å². The molecule has 1 N–H and O–H groups in total. The van der Waals surface area contributed by atoms with Crippen molar-refractivity contribution >= 4 is 33.6 Å². The highest BCUT2D eigenvalue weighted by atomic mass is 35.5. The summed E-state index contributed by atoms with van der Waals surface area (Å²) in [6.45, 7) is 3.92. The summed E-state index contributed by atoms with van der Waals surface area (Å²) in [6, 6.07) is 16.6. The van der Waals surface area contributed by atoms with Gasteiger partial charge in [0.25, 0.3) is 0 Å². The van der Waals surface area contributed by atoms with Crippen LogP contribution >= 0.6 is 11.6 Å². The largest absolute Gasteiger partial charge is 0.348 e. The van der Waals surface area contributed by atoms with Gasteiger partial charge in [-0.3, -0.25) is 9.69 Å². The quantitative estimate of drug-likeness (QED) is 0.707. The topological polar surface area (TPSA) is 69.7 Å². The number of piperazine rings is 1. The van der Waals surface area contributed by atoms with Gasteiger partial charge < -0.3 is 5.32 Å². The predicted octanol–water partition coefficient (Wildman–Crippen LogP) is 3.14. The second kappa shape index (κ2) is 10.2. The summed E-state index contributed by atoms with van der Waals surface area (Å²) in [5.74, 6) is -0.0854. The van der Waals surface area contributed by atoms with Gasteiger partial charge in [0.1, 0.15) is 0 Å². The van der Waals surface area contributed by atoms with E-state index in [9.17, 15) is 13.2 Å². The predicted molar refractivity (Wildman–Crippen MR) is 120 cm³/mol. The van der Waals surface area contributed by atoms with E-state index in [0.29, 0.717) is 31.2 Å². The number of rotatable bonds is 7. The van der Waals surface area contributed by atoms with E-state index in [1.165, 1.54) is 9.71 Å². The molecule has 30 heavy (non-hydrogen) atoms. The Morgan fingerprint density at radius 3 is 2.33 bits per heavy atom. The number of hydrogen-bond acceptors (Lipinski definition) is 4. The van der Waals surface area contributed by atoms with E-state index in [1.807, 2.05) is 54.3 Å². The van der Waals surface area contributed by atoms with Gasteiger partial charge >= 0.3 is 0 Å². The van der Waals surface area contributed by atoms with Crippen molar-refractivity contribution in [3.8, 4) is 0 Å². The minimum Gasteiger partial charge on any atom is -0.348 e. The molecule has 160 valence electrons. The van der Waals surface area contributed by atoms with Crippen molar-refractivity contribution in [2.45, 2.75) is 13.0 Å². The first-order valence-electron chi connectivity index (χ1n) is 9.84. The van der Waals surface area contributed by atoms with Crippen LogP contribution in [0.15, 0.2) is 60.0 Å². The van der Waals surface area contributed by atoms with Crippen LogP contribution in [0, 0.1) is 0 Å². The molecule has 1 aliphatic heterocycles. The number of benzene rings is 2. The first-order chi connectivity index (χ1) is 14.3. The number of amides is 1. The molecular formula is C22H26ClN3O3S.